The summed E-state index contributed by atoms with van der Waals surface area (Å²) in [4.78, 5) is 0. The number of nitrogens with two attached hydrogens (primary N) is 1. The first-order valence-electron chi connectivity index (χ1n) is 3.88. The molecule has 0 aliphatic rings. The zero-order valence-electron chi connectivity index (χ0n) is 7.40. The van der Waals surface area contributed by atoms with Gasteiger partial charge in [-0.3, -0.25) is 0 Å². The van der Waals surface area contributed by atoms with Crippen LogP contribution in [0.1, 0.15) is 5.56 Å². The normalized spacial score (nSPS) is 11.3. The Kier molecular flexibility index (Phi) is 3.14. The Morgan fingerprint density at radius 2 is 2.08 bits per heavy atom. The number of oxime groups is 1. The number of aryl methyl sites for hydroxylation is 1. The molecule has 1 rings (SSSR count). The van der Waals surface area contributed by atoms with Crippen molar-refractivity contribution in [2.24, 2.45) is 10.9 Å². The summed E-state index contributed by atoms with van der Waals surface area (Å²) in [5, 5.41) is 11.0. The highest BCUT2D eigenvalue weighted by molar-refractivity contribution is 5.81. The molecule has 1 aromatic carbocycles. The van der Waals surface area contributed by atoms with Crippen LogP contribution in [0.5, 0.6) is 5.75 Å². The summed E-state index contributed by atoms with van der Waals surface area (Å²) in [5.41, 5.74) is 6.39. The summed E-state index contributed by atoms with van der Waals surface area (Å²) in [7, 11) is 0. The Bertz CT molecular complexity index is 293. The van der Waals surface area contributed by atoms with Crippen molar-refractivity contribution in [1.82, 2.24) is 0 Å². The van der Waals surface area contributed by atoms with Gasteiger partial charge < -0.3 is 15.7 Å². The monoisotopic (exact) mass is 180 g/mol. The third-order valence-corrected chi connectivity index (χ3v) is 1.54. The van der Waals surface area contributed by atoms with Crippen molar-refractivity contribution < 1.29 is 9.94 Å². The smallest absolute Gasteiger partial charge is 0.177 e. The third-order valence-electron chi connectivity index (χ3n) is 1.54. The molecule has 0 atom stereocenters. The fraction of sp³-hybridized carbons (Fsp3) is 0.222. The van der Waals surface area contributed by atoms with Gasteiger partial charge in [0.1, 0.15) is 12.4 Å². The van der Waals surface area contributed by atoms with Crippen molar-refractivity contribution >= 4 is 5.84 Å². The van der Waals surface area contributed by atoms with Gasteiger partial charge in [-0.25, -0.2) is 0 Å². The molecule has 13 heavy (non-hydrogen) atoms. The summed E-state index contributed by atoms with van der Waals surface area (Å²) in [6, 6.07) is 7.53. The molecule has 1 aromatic rings. The minimum atomic E-state index is 0.0561. The molecule has 0 aromatic heterocycles. The summed E-state index contributed by atoms with van der Waals surface area (Å²) in [5.74, 6) is 0.762. The van der Waals surface area contributed by atoms with Gasteiger partial charge in [0.2, 0.25) is 0 Å². The predicted molar refractivity (Wildman–Crippen MR) is 50.1 cm³/mol. The highest BCUT2D eigenvalue weighted by Crippen LogP contribution is 2.10. The van der Waals surface area contributed by atoms with E-state index in [1.807, 2.05) is 31.2 Å². The molecule has 70 valence electrons. The zero-order valence-corrected chi connectivity index (χ0v) is 7.40. The van der Waals surface area contributed by atoms with E-state index >= 15 is 0 Å². The maximum absolute atomic E-state index is 8.24. The minimum absolute atomic E-state index is 0.0561. The molecule has 4 heteroatoms. The fourth-order valence-electron chi connectivity index (χ4n) is 0.821. The second-order valence-electron chi connectivity index (χ2n) is 2.69. The quantitative estimate of drug-likeness (QED) is 0.317. The van der Waals surface area contributed by atoms with Crippen LogP contribution < -0.4 is 10.5 Å². The molecule has 0 amide bonds. The van der Waals surface area contributed by atoms with Crippen molar-refractivity contribution in [3.05, 3.63) is 29.8 Å². The van der Waals surface area contributed by atoms with Gasteiger partial charge in [0, 0.05) is 0 Å². The lowest BCUT2D eigenvalue weighted by molar-refractivity contribution is 0.306. The molecule has 0 saturated heterocycles. The van der Waals surface area contributed by atoms with Gasteiger partial charge in [-0.05, 0) is 19.1 Å². The SMILES string of the molecule is Cc1ccc(OCC(N)=NO)cc1. The van der Waals surface area contributed by atoms with Crippen molar-refractivity contribution in [2.75, 3.05) is 6.61 Å². The lowest BCUT2D eigenvalue weighted by atomic mass is 10.2. The molecule has 0 spiro atoms. The van der Waals surface area contributed by atoms with Crippen LogP contribution in [0.15, 0.2) is 29.4 Å². The van der Waals surface area contributed by atoms with Crippen molar-refractivity contribution in [1.29, 1.82) is 0 Å². The number of amidine groups is 1. The fourth-order valence-corrected chi connectivity index (χ4v) is 0.821. The Hall–Kier alpha value is -1.71. The van der Waals surface area contributed by atoms with E-state index in [0.717, 1.165) is 5.56 Å². The second-order valence-corrected chi connectivity index (χ2v) is 2.69. The van der Waals surface area contributed by atoms with Gasteiger partial charge in [-0.15, -0.1) is 0 Å². The number of hydrogen-bond donors (Lipinski definition) is 2. The van der Waals surface area contributed by atoms with Crippen LogP contribution in [-0.2, 0) is 0 Å². The molecule has 0 aliphatic carbocycles. The van der Waals surface area contributed by atoms with Crippen LogP contribution >= 0.6 is 0 Å². The lowest BCUT2D eigenvalue weighted by Crippen LogP contribution is -2.20. The molecule has 0 radical (unpaired) electrons. The standard InChI is InChI=1S/C9H12N2O2/c1-7-2-4-8(5-3-7)13-6-9(10)11-12/h2-5,12H,6H2,1H3,(H2,10,11). The van der Waals surface area contributed by atoms with Crippen LogP contribution in [0.4, 0.5) is 0 Å². The Balaban J connectivity index is 2.51. The molecule has 0 unspecified atom stereocenters. The number of hydrogen-bond acceptors (Lipinski definition) is 3. The van der Waals surface area contributed by atoms with Gasteiger partial charge in [0.15, 0.2) is 5.84 Å². The maximum Gasteiger partial charge on any atom is 0.177 e. The molecule has 0 fully saturated rings. The molecule has 0 saturated carbocycles. The summed E-state index contributed by atoms with van der Waals surface area (Å²) in [6.07, 6.45) is 0. The molecular weight excluding hydrogens is 168 g/mol. The van der Waals surface area contributed by atoms with Gasteiger partial charge in [-0.2, -0.15) is 0 Å². The molecule has 0 heterocycles. The van der Waals surface area contributed by atoms with Crippen molar-refractivity contribution in [3.8, 4) is 5.75 Å². The number of ether oxygens (including phenoxy) is 1. The van der Waals surface area contributed by atoms with Crippen LogP contribution in [0.25, 0.3) is 0 Å². The average Bonchev–Trinajstić information content (AvgIpc) is 2.16. The van der Waals surface area contributed by atoms with Crippen LogP contribution in [0.3, 0.4) is 0 Å². The minimum Gasteiger partial charge on any atom is -0.486 e. The molecule has 3 N–H and O–H groups in total. The Morgan fingerprint density at radius 3 is 2.62 bits per heavy atom. The second kappa shape index (κ2) is 4.35. The van der Waals surface area contributed by atoms with Gasteiger partial charge in [0.25, 0.3) is 0 Å². The van der Waals surface area contributed by atoms with Crippen LogP contribution in [-0.4, -0.2) is 17.6 Å². The lowest BCUT2D eigenvalue weighted by Gasteiger charge is -2.04. The zero-order chi connectivity index (χ0) is 9.68. The number of rotatable bonds is 3. The first-order chi connectivity index (χ1) is 6.22. The summed E-state index contributed by atoms with van der Waals surface area (Å²) >= 11 is 0. The Morgan fingerprint density at radius 1 is 1.46 bits per heavy atom. The summed E-state index contributed by atoms with van der Waals surface area (Å²) in [6.45, 7) is 2.09. The largest absolute Gasteiger partial charge is 0.486 e. The first-order valence-corrected chi connectivity index (χ1v) is 3.88. The van der Waals surface area contributed by atoms with E-state index in [9.17, 15) is 0 Å². The molecular formula is C9H12N2O2. The van der Waals surface area contributed by atoms with Gasteiger partial charge >= 0.3 is 0 Å². The van der Waals surface area contributed by atoms with E-state index < -0.39 is 0 Å². The highest BCUT2D eigenvalue weighted by atomic mass is 16.5. The summed E-state index contributed by atoms with van der Waals surface area (Å²) < 4.78 is 5.20. The Labute approximate surface area is 76.6 Å². The maximum atomic E-state index is 8.24. The topological polar surface area (TPSA) is 67.8 Å². The van der Waals surface area contributed by atoms with Crippen molar-refractivity contribution in [2.45, 2.75) is 6.92 Å². The average molecular weight is 180 g/mol. The molecule has 0 aliphatic heterocycles. The van der Waals surface area contributed by atoms with E-state index in [2.05, 4.69) is 5.16 Å². The van der Waals surface area contributed by atoms with Gasteiger partial charge in [-0.1, -0.05) is 22.9 Å². The third kappa shape index (κ3) is 3.02. The predicted octanol–water partition coefficient (Wildman–Crippen LogP) is 1.12. The first kappa shape index (κ1) is 9.38. The highest BCUT2D eigenvalue weighted by Gasteiger charge is 1.95. The number of benzene rings is 1. The van der Waals surface area contributed by atoms with E-state index in [4.69, 9.17) is 15.7 Å². The van der Waals surface area contributed by atoms with Crippen LogP contribution in [0, 0.1) is 6.92 Å². The van der Waals surface area contributed by atoms with E-state index in [-0.39, 0.29) is 12.4 Å². The van der Waals surface area contributed by atoms with E-state index in [1.54, 1.807) is 0 Å². The number of nitrogens with zero attached hydrogens (tertiary/aromatic N) is 1. The van der Waals surface area contributed by atoms with Gasteiger partial charge in [0.05, 0.1) is 0 Å². The molecule has 0 bridgehead atoms. The van der Waals surface area contributed by atoms with E-state index in [1.165, 1.54) is 0 Å². The van der Waals surface area contributed by atoms with Crippen molar-refractivity contribution in [3.63, 3.8) is 0 Å². The van der Waals surface area contributed by atoms with Crippen LogP contribution in [0.2, 0.25) is 0 Å². The van der Waals surface area contributed by atoms with E-state index in [0.29, 0.717) is 5.75 Å². The molecule has 4 nitrogen and oxygen atoms in total.